The van der Waals surface area contributed by atoms with E-state index in [0.717, 1.165) is 45.4 Å². The van der Waals surface area contributed by atoms with E-state index in [9.17, 15) is 14.7 Å². The minimum atomic E-state index is -1.12. The van der Waals surface area contributed by atoms with Crippen molar-refractivity contribution in [2.24, 2.45) is 0 Å². The van der Waals surface area contributed by atoms with E-state index in [4.69, 9.17) is 9.47 Å². The van der Waals surface area contributed by atoms with Crippen LogP contribution >= 0.6 is 11.3 Å². The van der Waals surface area contributed by atoms with Crippen LogP contribution in [0, 0.1) is 0 Å². The van der Waals surface area contributed by atoms with Crippen LogP contribution in [0.2, 0.25) is 0 Å². The number of nitrogens with zero attached hydrogens (tertiary/aromatic N) is 1. The highest BCUT2D eigenvalue weighted by molar-refractivity contribution is 7.18. The van der Waals surface area contributed by atoms with Crippen molar-refractivity contribution in [3.63, 3.8) is 0 Å². The molecular weight excluding hydrogens is 512 g/mol. The maximum atomic E-state index is 12.2. The number of nitrogens with one attached hydrogen (secondary N) is 1. The highest BCUT2D eigenvalue weighted by Gasteiger charge is 2.29. The molecule has 3 rings (SSSR count). The molecule has 0 radical (unpaired) electrons. The lowest BCUT2D eigenvalue weighted by Crippen LogP contribution is -2.46. The number of hydrogen-bond donors (Lipinski definition) is 2. The second-order valence-corrected chi connectivity index (χ2v) is 11.7. The fourth-order valence-corrected chi connectivity index (χ4v) is 5.04. The molecule has 0 spiro atoms. The SMILES string of the molecule is CCCCCCCOc1ccc(-c2cnc(-c3ccc(C(C)C(NC(=O)OC(C)(C)C)C(=O)O)cc3)s2)cc1. The molecule has 0 bridgehead atoms. The summed E-state index contributed by atoms with van der Waals surface area (Å²) in [4.78, 5) is 29.7. The van der Waals surface area contributed by atoms with Crippen LogP contribution in [0.15, 0.2) is 54.7 Å². The van der Waals surface area contributed by atoms with E-state index in [2.05, 4.69) is 29.4 Å². The molecule has 0 aliphatic rings. The Labute approximate surface area is 235 Å². The van der Waals surface area contributed by atoms with Gasteiger partial charge in [-0.3, -0.25) is 0 Å². The number of carboxylic acids is 1. The van der Waals surface area contributed by atoms with E-state index in [0.29, 0.717) is 0 Å². The van der Waals surface area contributed by atoms with Crippen molar-refractivity contribution in [1.82, 2.24) is 10.3 Å². The first-order chi connectivity index (χ1) is 18.6. The van der Waals surface area contributed by atoms with Gasteiger partial charge in [-0.15, -0.1) is 11.3 Å². The number of carbonyl (C=O) groups is 2. The van der Waals surface area contributed by atoms with Crippen LogP contribution in [0.3, 0.4) is 0 Å². The summed E-state index contributed by atoms with van der Waals surface area (Å²) in [5.74, 6) is -0.706. The number of alkyl carbamates (subject to hydrolysis) is 1. The van der Waals surface area contributed by atoms with E-state index in [1.165, 1.54) is 25.7 Å². The first-order valence-corrected chi connectivity index (χ1v) is 14.4. The highest BCUT2D eigenvalue weighted by atomic mass is 32.1. The van der Waals surface area contributed by atoms with Gasteiger partial charge in [0, 0.05) is 17.7 Å². The molecule has 0 saturated carbocycles. The molecule has 1 heterocycles. The van der Waals surface area contributed by atoms with Crippen molar-refractivity contribution in [3.05, 3.63) is 60.3 Å². The smallest absolute Gasteiger partial charge is 0.408 e. The van der Waals surface area contributed by atoms with Crippen LogP contribution in [0.25, 0.3) is 21.0 Å². The van der Waals surface area contributed by atoms with Crippen molar-refractivity contribution >= 4 is 23.4 Å². The Morgan fingerprint density at radius 3 is 2.23 bits per heavy atom. The molecule has 7 nitrogen and oxygen atoms in total. The minimum absolute atomic E-state index is 0.465. The normalized spacial score (nSPS) is 12.9. The van der Waals surface area contributed by atoms with Crippen LogP contribution in [-0.2, 0) is 9.53 Å². The molecule has 0 fully saturated rings. The maximum Gasteiger partial charge on any atom is 0.408 e. The maximum absolute atomic E-state index is 12.2. The lowest BCUT2D eigenvalue weighted by atomic mass is 9.92. The zero-order chi connectivity index (χ0) is 28.4. The molecule has 0 saturated heterocycles. The number of rotatable bonds is 13. The predicted molar refractivity (Wildman–Crippen MR) is 156 cm³/mol. The fourth-order valence-electron chi connectivity index (χ4n) is 4.11. The summed E-state index contributed by atoms with van der Waals surface area (Å²) >= 11 is 1.59. The standard InChI is InChI=1S/C31H40N2O5S/c1-6-7-8-9-10-19-37-25-17-15-23(16-18-25)26-20-32-28(39-26)24-13-11-22(12-14-24)21(2)27(29(34)35)33-30(36)38-31(3,4)5/h11-18,20-21,27H,6-10,19H2,1-5H3,(H,33,36)(H,34,35). The lowest BCUT2D eigenvalue weighted by molar-refractivity contribution is -0.140. The van der Waals surface area contributed by atoms with Gasteiger partial charge in [0.1, 0.15) is 22.4 Å². The molecule has 0 aliphatic carbocycles. The summed E-state index contributed by atoms with van der Waals surface area (Å²) in [6.45, 7) is 9.92. The number of unbranched alkanes of at least 4 members (excludes halogenated alkanes) is 4. The number of carboxylic acid groups (broad SMARTS) is 1. The molecule has 210 valence electrons. The van der Waals surface area contributed by atoms with E-state index < -0.39 is 29.6 Å². The van der Waals surface area contributed by atoms with Crippen LogP contribution in [0.4, 0.5) is 4.79 Å². The fraction of sp³-hybridized carbons (Fsp3) is 0.452. The summed E-state index contributed by atoms with van der Waals surface area (Å²) < 4.78 is 11.1. The van der Waals surface area contributed by atoms with Gasteiger partial charge in [0.2, 0.25) is 0 Å². The minimum Gasteiger partial charge on any atom is -0.494 e. The Balaban J connectivity index is 1.61. The number of aromatic nitrogens is 1. The topological polar surface area (TPSA) is 97.8 Å². The van der Waals surface area contributed by atoms with Crippen molar-refractivity contribution in [1.29, 1.82) is 0 Å². The van der Waals surface area contributed by atoms with Gasteiger partial charge >= 0.3 is 12.1 Å². The molecule has 2 atom stereocenters. The van der Waals surface area contributed by atoms with Gasteiger partial charge in [0.15, 0.2) is 0 Å². The average molecular weight is 553 g/mol. The summed E-state index contributed by atoms with van der Waals surface area (Å²) in [5, 5.41) is 13.1. The summed E-state index contributed by atoms with van der Waals surface area (Å²) in [7, 11) is 0. The van der Waals surface area contributed by atoms with E-state index in [1.54, 1.807) is 39.0 Å². The molecule has 3 aromatic rings. The number of aliphatic carboxylic acids is 1. The average Bonchev–Trinajstić information content (AvgIpc) is 3.39. The van der Waals surface area contributed by atoms with Gasteiger partial charge in [0.25, 0.3) is 0 Å². The molecule has 0 aliphatic heterocycles. The third-order valence-corrected chi connectivity index (χ3v) is 7.38. The largest absolute Gasteiger partial charge is 0.494 e. The van der Waals surface area contributed by atoms with Gasteiger partial charge in [-0.1, -0.05) is 63.8 Å². The quantitative estimate of drug-likeness (QED) is 0.209. The number of amides is 1. The van der Waals surface area contributed by atoms with Crippen LogP contribution in [-0.4, -0.2) is 40.4 Å². The third kappa shape index (κ3) is 9.39. The molecule has 1 aromatic heterocycles. The Hall–Kier alpha value is -3.39. The van der Waals surface area contributed by atoms with Gasteiger partial charge in [-0.2, -0.15) is 0 Å². The number of ether oxygens (including phenoxy) is 2. The molecule has 2 N–H and O–H groups in total. The monoisotopic (exact) mass is 552 g/mol. The Bertz CT molecular complexity index is 1200. The molecular formula is C31H40N2O5S. The molecule has 1 amide bonds. The first kappa shape index (κ1) is 30.2. The van der Waals surface area contributed by atoms with Gasteiger partial charge < -0.3 is 19.9 Å². The van der Waals surface area contributed by atoms with Crippen molar-refractivity contribution in [3.8, 4) is 26.8 Å². The molecule has 2 unspecified atom stereocenters. The highest BCUT2D eigenvalue weighted by Crippen LogP contribution is 2.33. The third-order valence-electron chi connectivity index (χ3n) is 6.28. The summed E-state index contributed by atoms with van der Waals surface area (Å²) in [5.41, 5.74) is 2.10. The Morgan fingerprint density at radius 2 is 1.62 bits per heavy atom. The van der Waals surface area contributed by atoms with Crippen LogP contribution < -0.4 is 10.1 Å². The number of carbonyl (C=O) groups excluding carboxylic acids is 1. The summed E-state index contributed by atoms with van der Waals surface area (Å²) in [6.07, 6.45) is 7.19. The number of thiazole rings is 1. The second kappa shape index (κ2) is 14.1. The van der Waals surface area contributed by atoms with Crippen molar-refractivity contribution in [2.75, 3.05) is 6.61 Å². The Kier molecular flexibility index (Phi) is 10.9. The predicted octanol–water partition coefficient (Wildman–Crippen LogP) is 7.91. The van der Waals surface area contributed by atoms with Crippen molar-refractivity contribution < 1.29 is 24.2 Å². The molecule has 2 aromatic carbocycles. The van der Waals surface area contributed by atoms with Crippen LogP contribution in [0.5, 0.6) is 5.75 Å². The summed E-state index contributed by atoms with van der Waals surface area (Å²) in [6, 6.07) is 14.6. The van der Waals surface area contributed by atoms with Gasteiger partial charge in [-0.25, -0.2) is 14.6 Å². The molecule has 39 heavy (non-hydrogen) atoms. The number of hydrogen-bond acceptors (Lipinski definition) is 6. The van der Waals surface area contributed by atoms with Crippen molar-refractivity contribution in [2.45, 2.75) is 84.3 Å². The van der Waals surface area contributed by atoms with E-state index in [-0.39, 0.29) is 0 Å². The zero-order valence-electron chi connectivity index (χ0n) is 23.5. The first-order valence-electron chi connectivity index (χ1n) is 13.6. The van der Waals surface area contributed by atoms with E-state index >= 15 is 0 Å². The van der Waals surface area contributed by atoms with E-state index in [1.807, 2.05) is 42.6 Å². The van der Waals surface area contributed by atoms with Gasteiger partial charge in [-0.05, 0) is 62.6 Å². The second-order valence-electron chi connectivity index (χ2n) is 10.7. The Morgan fingerprint density at radius 1 is 0.974 bits per heavy atom. The zero-order valence-corrected chi connectivity index (χ0v) is 24.3. The number of benzene rings is 2. The lowest BCUT2D eigenvalue weighted by Gasteiger charge is -2.25. The van der Waals surface area contributed by atoms with Gasteiger partial charge in [0.05, 0.1) is 11.5 Å². The molecule has 8 heteroatoms. The van der Waals surface area contributed by atoms with Crippen LogP contribution in [0.1, 0.15) is 78.2 Å².